The number of thiazole rings is 1. The topological polar surface area (TPSA) is 68.7 Å². The lowest BCUT2D eigenvalue weighted by atomic mass is 10.2. The number of ether oxygens (including phenoxy) is 2. The lowest BCUT2D eigenvalue weighted by Gasteiger charge is -2.21. The quantitative estimate of drug-likeness (QED) is 0.569. The highest BCUT2D eigenvalue weighted by Crippen LogP contribution is 2.30. The average molecular weight is 403 g/mol. The molecule has 0 atom stereocenters. The van der Waals surface area contributed by atoms with Crippen LogP contribution in [0.25, 0.3) is 10.6 Å². The number of hydrogen-bond acceptors (Lipinski definition) is 6. The van der Waals surface area contributed by atoms with Crippen LogP contribution < -0.4 is 4.74 Å². The molecule has 1 aliphatic carbocycles. The molecule has 3 rings (SSSR count). The zero-order chi connectivity index (χ0) is 19.9. The summed E-state index contributed by atoms with van der Waals surface area (Å²) < 4.78 is 10.5. The van der Waals surface area contributed by atoms with Crippen LogP contribution in [-0.4, -0.2) is 48.1 Å². The molecule has 0 saturated heterocycles. The summed E-state index contributed by atoms with van der Waals surface area (Å²) in [5, 5.41) is 2.77. The Labute approximate surface area is 169 Å². The number of esters is 1. The van der Waals surface area contributed by atoms with Crippen molar-refractivity contribution in [3.63, 3.8) is 0 Å². The fraction of sp³-hybridized carbons (Fsp3) is 0.476. The van der Waals surface area contributed by atoms with E-state index in [4.69, 9.17) is 9.47 Å². The van der Waals surface area contributed by atoms with Gasteiger partial charge in [0.25, 0.3) is 0 Å². The van der Waals surface area contributed by atoms with Crippen molar-refractivity contribution >= 4 is 23.2 Å². The molecular formula is C21H26N2O4S. The van der Waals surface area contributed by atoms with E-state index in [1.54, 1.807) is 11.8 Å². The van der Waals surface area contributed by atoms with Gasteiger partial charge in [0.15, 0.2) is 0 Å². The average Bonchev–Trinajstić information content (AvgIpc) is 3.38. The SMILES string of the molecule is CCOC(=O)CN(CC1CC1)C(=O)Cc1csc(-c2ccc(OCC)cc2)n1. The van der Waals surface area contributed by atoms with Crippen LogP contribution in [0.1, 0.15) is 32.4 Å². The molecular weight excluding hydrogens is 376 g/mol. The maximum atomic E-state index is 12.7. The summed E-state index contributed by atoms with van der Waals surface area (Å²) in [5.74, 6) is 0.898. The summed E-state index contributed by atoms with van der Waals surface area (Å²) in [6, 6.07) is 7.77. The molecule has 0 bridgehead atoms. The molecule has 1 aliphatic rings. The molecule has 1 heterocycles. The van der Waals surface area contributed by atoms with Gasteiger partial charge in [-0.05, 0) is 56.9 Å². The Morgan fingerprint density at radius 2 is 1.93 bits per heavy atom. The Morgan fingerprint density at radius 1 is 1.18 bits per heavy atom. The highest BCUT2D eigenvalue weighted by Gasteiger charge is 2.28. The van der Waals surface area contributed by atoms with E-state index in [1.165, 1.54) is 11.3 Å². The molecule has 1 aromatic heterocycles. The number of amides is 1. The number of benzene rings is 1. The Hall–Kier alpha value is -2.41. The summed E-state index contributed by atoms with van der Waals surface area (Å²) in [6.45, 7) is 5.30. The molecule has 0 unspecified atom stereocenters. The zero-order valence-corrected chi connectivity index (χ0v) is 17.2. The van der Waals surface area contributed by atoms with E-state index in [-0.39, 0.29) is 24.8 Å². The van der Waals surface area contributed by atoms with Crippen molar-refractivity contribution in [2.24, 2.45) is 5.92 Å². The first-order valence-corrected chi connectivity index (χ1v) is 10.6. The molecule has 1 saturated carbocycles. The van der Waals surface area contributed by atoms with Gasteiger partial charge in [0, 0.05) is 17.5 Å². The smallest absolute Gasteiger partial charge is 0.325 e. The largest absolute Gasteiger partial charge is 0.494 e. The fourth-order valence-corrected chi connectivity index (χ4v) is 3.70. The van der Waals surface area contributed by atoms with Gasteiger partial charge in [-0.15, -0.1) is 11.3 Å². The third-order valence-electron chi connectivity index (χ3n) is 4.45. The molecule has 1 aromatic carbocycles. The molecule has 0 spiro atoms. The molecule has 150 valence electrons. The number of aromatic nitrogens is 1. The van der Waals surface area contributed by atoms with Gasteiger partial charge in [0.05, 0.1) is 25.3 Å². The Balaban J connectivity index is 1.63. The Bertz CT molecular complexity index is 799. The van der Waals surface area contributed by atoms with Crippen LogP contribution in [0.3, 0.4) is 0 Å². The van der Waals surface area contributed by atoms with Crippen molar-refractivity contribution in [3.8, 4) is 16.3 Å². The van der Waals surface area contributed by atoms with Crippen LogP contribution >= 0.6 is 11.3 Å². The predicted molar refractivity (Wildman–Crippen MR) is 108 cm³/mol. The zero-order valence-electron chi connectivity index (χ0n) is 16.3. The lowest BCUT2D eigenvalue weighted by Crippen LogP contribution is -2.39. The number of carbonyl (C=O) groups excluding carboxylic acids is 2. The lowest BCUT2D eigenvalue weighted by molar-refractivity contribution is -0.148. The summed E-state index contributed by atoms with van der Waals surface area (Å²) in [6.07, 6.45) is 2.43. The van der Waals surface area contributed by atoms with E-state index >= 15 is 0 Å². The van der Waals surface area contributed by atoms with Gasteiger partial charge >= 0.3 is 5.97 Å². The molecule has 6 nitrogen and oxygen atoms in total. The van der Waals surface area contributed by atoms with Crippen molar-refractivity contribution in [1.82, 2.24) is 9.88 Å². The van der Waals surface area contributed by atoms with E-state index in [1.807, 2.05) is 36.6 Å². The first kappa shape index (κ1) is 20.3. The minimum atomic E-state index is -0.357. The Kier molecular flexibility index (Phi) is 7.03. The fourth-order valence-electron chi connectivity index (χ4n) is 2.88. The summed E-state index contributed by atoms with van der Waals surface area (Å²) in [4.78, 5) is 30.8. The summed E-state index contributed by atoms with van der Waals surface area (Å²) >= 11 is 1.51. The van der Waals surface area contributed by atoms with E-state index < -0.39 is 0 Å². The van der Waals surface area contributed by atoms with E-state index in [2.05, 4.69) is 4.98 Å². The highest BCUT2D eigenvalue weighted by molar-refractivity contribution is 7.13. The van der Waals surface area contributed by atoms with Crippen molar-refractivity contribution in [2.75, 3.05) is 26.3 Å². The number of nitrogens with zero attached hydrogens (tertiary/aromatic N) is 2. The summed E-state index contributed by atoms with van der Waals surface area (Å²) in [7, 11) is 0. The molecule has 1 fully saturated rings. The van der Waals surface area contributed by atoms with Gasteiger partial charge < -0.3 is 14.4 Å². The molecule has 1 amide bonds. The van der Waals surface area contributed by atoms with E-state index in [0.29, 0.717) is 25.7 Å². The monoisotopic (exact) mass is 402 g/mol. The van der Waals surface area contributed by atoms with Gasteiger partial charge in [0.1, 0.15) is 17.3 Å². The second-order valence-electron chi connectivity index (χ2n) is 6.80. The van der Waals surface area contributed by atoms with Crippen molar-refractivity contribution < 1.29 is 19.1 Å². The number of hydrogen-bond donors (Lipinski definition) is 0. The van der Waals surface area contributed by atoms with Crippen LogP contribution in [-0.2, 0) is 20.7 Å². The normalized spacial score (nSPS) is 13.2. The first-order chi connectivity index (χ1) is 13.6. The molecule has 0 N–H and O–H groups in total. The van der Waals surface area contributed by atoms with Crippen LogP contribution in [0, 0.1) is 5.92 Å². The van der Waals surface area contributed by atoms with Crippen molar-refractivity contribution in [3.05, 3.63) is 35.3 Å². The second kappa shape index (κ2) is 9.68. The highest BCUT2D eigenvalue weighted by atomic mass is 32.1. The van der Waals surface area contributed by atoms with Gasteiger partial charge in [-0.2, -0.15) is 0 Å². The van der Waals surface area contributed by atoms with Gasteiger partial charge in [-0.1, -0.05) is 0 Å². The van der Waals surface area contributed by atoms with Gasteiger partial charge in [-0.25, -0.2) is 4.98 Å². The molecule has 0 aliphatic heterocycles. The third kappa shape index (κ3) is 5.79. The van der Waals surface area contributed by atoms with Crippen molar-refractivity contribution in [1.29, 1.82) is 0 Å². The van der Waals surface area contributed by atoms with Gasteiger partial charge in [0.2, 0.25) is 5.91 Å². The Morgan fingerprint density at radius 3 is 2.57 bits per heavy atom. The van der Waals surface area contributed by atoms with Crippen LogP contribution in [0.4, 0.5) is 0 Å². The molecule has 2 aromatic rings. The minimum Gasteiger partial charge on any atom is -0.494 e. The maximum Gasteiger partial charge on any atom is 0.325 e. The standard InChI is InChI=1S/C21H26N2O4S/c1-3-26-18-9-7-16(8-10-18)21-22-17(14-28-21)11-19(24)23(12-15-5-6-15)13-20(25)27-4-2/h7-10,14-15H,3-6,11-13H2,1-2H3. The molecule has 0 radical (unpaired) electrons. The molecule has 7 heteroatoms. The van der Waals surface area contributed by atoms with Gasteiger partial charge in [-0.3, -0.25) is 9.59 Å². The third-order valence-corrected chi connectivity index (χ3v) is 5.39. The maximum absolute atomic E-state index is 12.7. The molecule has 28 heavy (non-hydrogen) atoms. The van der Waals surface area contributed by atoms with Crippen LogP contribution in [0.2, 0.25) is 0 Å². The minimum absolute atomic E-state index is 0.0130. The second-order valence-corrected chi connectivity index (χ2v) is 7.66. The first-order valence-electron chi connectivity index (χ1n) is 9.70. The van der Waals surface area contributed by atoms with Crippen LogP contribution in [0.15, 0.2) is 29.6 Å². The van der Waals surface area contributed by atoms with Crippen LogP contribution in [0.5, 0.6) is 5.75 Å². The number of carbonyl (C=O) groups is 2. The van der Waals surface area contributed by atoms with Crippen molar-refractivity contribution in [2.45, 2.75) is 33.1 Å². The summed E-state index contributed by atoms with van der Waals surface area (Å²) in [5.41, 5.74) is 1.72. The van der Waals surface area contributed by atoms with E-state index in [9.17, 15) is 9.59 Å². The number of rotatable bonds is 10. The predicted octanol–water partition coefficient (Wildman–Crippen LogP) is 3.55. The van der Waals surface area contributed by atoms with E-state index in [0.717, 1.165) is 34.9 Å².